The quantitative estimate of drug-likeness (QED) is 0.169. The molecule has 0 spiro atoms. The standard InChI is InChI=1S/C29H32N2O3.C2H6/c1-20(2)29(30)28-21(3)11-9-14-25(28)19-33-27-16-10-15-26(17-27)32-18-22(4)31-34-23(5)24-12-7-6-8-13-24;1-2/h6-17,20,30H,5,18-19H2,1-4H3;1-2H3/b30-29?,31-22+;. The third-order valence-electron chi connectivity index (χ3n) is 5.26. The van der Waals surface area contributed by atoms with E-state index in [0.717, 1.165) is 22.3 Å². The molecule has 0 atom stereocenters. The van der Waals surface area contributed by atoms with Gasteiger partial charge in [-0.1, -0.05) is 94.0 Å². The van der Waals surface area contributed by atoms with Gasteiger partial charge in [-0.25, -0.2) is 0 Å². The van der Waals surface area contributed by atoms with Crippen LogP contribution in [0.1, 0.15) is 56.9 Å². The molecule has 3 aromatic carbocycles. The van der Waals surface area contributed by atoms with E-state index in [-0.39, 0.29) is 12.5 Å². The Morgan fingerprint density at radius 1 is 0.917 bits per heavy atom. The number of aryl methyl sites for hydroxylation is 1. The van der Waals surface area contributed by atoms with Crippen LogP contribution in [0.5, 0.6) is 11.5 Å². The molecule has 0 bridgehead atoms. The zero-order chi connectivity index (χ0) is 26.5. The summed E-state index contributed by atoms with van der Waals surface area (Å²) in [6.07, 6.45) is 0. The number of ether oxygens (including phenoxy) is 2. The SMILES string of the molecule is C=C(O/N=C(\C)COc1cccc(OCc2cccc(C)c2C(=N)C(C)C)c1)c1ccccc1.CC. The molecule has 0 heterocycles. The number of hydrogen-bond donors (Lipinski definition) is 1. The van der Waals surface area contributed by atoms with Crippen LogP contribution in [0.2, 0.25) is 0 Å². The largest absolute Gasteiger partial charge is 0.489 e. The summed E-state index contributed by atoms with van der Waals surface area (Å²) in [5, 5.41) is 12.6. The normalized spacial score (nSPS) is 10.8. The van der Waals surface area contributed by atoms with Crippen LogP contribution in [-0.4, -0.2) is 18.0 Å². The van der Waals surface area contributed by atoms with Crippen molar-refractivity contribution < 1.29 is 14.3 Å². The van der Waals surface area contributed by atoms with Crippen LogP contribution in [0.4, 0.5) is 0 Å². The summed E-state index contributed by atoms with van der Waals surface area (Å²) >= 11 is 0. The average Bonchev–Trinajstić information content (AvgIpc) is 2.90. The fourth-order valence-electron chi connectivity index (χ4n) is 3.36. The summed E-state index contributed by atoms with van der Waals surface area (Å²) in [6.45, 7) is 16.5. The number of nitrogens with one attached hydrogen (secondary N) is 1. The average molecular weight is 487 g/mol. The minimum Gasteiger partial charge on any atom is -0.489 e. The Kier molecular flexibility index (Phi) is 11.4. The molecule has 5 heteroatoms. The second kappa shape index (κ2) is 14.5. The van der Waals surface area contributed by atoms with Crippen molar-refractivity contribution in [1.82, 2.24) is 0 Å². The predicted octanol–water partition coefficient (Wildman–Crippen LogP) is 8.07. The Hall–Kier alpha value is -3.86. The van der Waals surface area contributed by atoms with Crippen LogP contribution in [0.15, 0.2) is 84.5 Å². The van der Waals surface area contributed by atoms with E-state index in [1.807, 2.05) is 114 Å². The molecule has 5 nitrogen and oxygen atoms in total. The zero-order valence-corrected chi connectivity index (χ0v) is 22.3. The number of oxime groups is 1. The van der Waals surface area contributed by atoms with Crippen LogP contribution in [0, 0.1) is 18.3 Å². The Bertz CT molecular complexity index is 1170. The lowest BCUT2D eigenvalue weighted by Gasteiger charge is -2.17. The summed E-state index contributed by atoms with van der Waals surface area (Å²) in [7, 11) is 0. The molecular weight excluding hydrogens is 448 g/mol. The Morgan fingerprint density at radius 2 is 1.56 bits per heavy atom. The van der Waals surface area contributed by atoms with E-state index < -0.39 is 0 Å². The lowest BCUT2D eigenvalue weighted by Crippen LogP contribution is -2.14. The van der Waals surface area contributed by atoms with Crippen LogP contribution in [-0.2, 0) is 11.4 Å². The molecule has 36 heavy (non-hydrogen) atoms. The van der Waals surface area contributed by atoms with Gasteiger partial charge in [0.2, 0.25) is 0 Å². The number of rotatable bonds is 11. The summed E-state index contributed by atoms with van der Waals surface area (Å²) in [5.74, 6) is 2.00. The lowest BCUT2D eigenvalue weighted by molar-refractivity contribution is 0.288. The Morgan fingerprint density at radius 3 is 2.22 bits per heavy atom. The highest BCUT2D eigenvalue weighted by molar-refractivity contribution is 6.02. The molecule has 0 saturated carbocycles. The van der Waals surface area contributed by atoms with Gasteiger partial charge in [0, 0.05) is 22.9 Å². The highest BCUT2D eigenvalue weighted by Gasteiger charge is 2.14. The van der Waals surface area contributed by atoms with E-state index in [4.69, 9.17) is 19.7 Å². The van der Waals surface area contributed by atoms with Crippen molar-refractivity contribution in [3.8, 4) is 11.5 Å². The van der Waals surface area contributed by atoms with Gasteiger partial charge >= 0.3 is 0 Å². The van der Waals surface area contributed by atoms with Gasteiger partial charge < -0.3 is 19.7 Å². The molecule has 3 aromatic rings. The van der Waals surface area contributed by atoms with Crippen molar-refractivity contribution in [2.24, 2.45) is 11.1 Å². The second-order valence-electron chi connectivity index (χ2n) is 8.44. The van der Waals surface area contributed by atoms with Crippen LogP contribution >= 0.6 is 0 Å². The van der Waals surface area contributed by atoms with Crippen molar-refractivity contribution in [3.63, 3.8) is 0 Å². The Labute approximate surface area is 215 Å². The van der Waals surface area contributed by atoms with Crippen molar-refractivity contribution in [1.29, 1.82) is 5.41 Å². The van der Waals surface area contributed by atoms with Gasteiger partial charge in [-0.15, -0.1) is 0 Å². The highest BCUT2D eigenvalue weighted by Crippen LogP contribution is 2.23. The number of nitrogens with zero attached hydrogens (tertiary/aromatic N) is 1. The summed E-state index contributed by atoms with van der Waals surface area (Å²) in [4.78, 5) is 5.42. The lowest BCUT2D eigenvalue weighted by atomic mass is 9.92. The number of hydrogen-bond acceptors (Lipinski definition) is 5. The molecule has 0 fully saturated rings. The first-order chi connectivity index (χ1) is 17.3. The van der Waals surface area contributed by atoms with E-state index in [1.54, 1.807) is 0 Å². The fraction of sp³-hybridized carbons (Fsp3) is 0.290. The Balaban J connectivity index is 0.00000222. The molecule has 0 aliphatic rings. The fourth-order valence-corrected chi connectivity index (χ4v) is 3.36. The third kappa shape index (κ3) is 8.42. The molecular formula is C31H38N2O3. The highest BCUT2D eigenvalue weighted by atomic mass is 16.6. The first-order valence-corrected chi connectivity index (χ1v) is 12.3. The topological polar surface area (TPSA) is 63.9 Å². The van der Waals surface area contributed by atoms with E-state index in [0.29, 0.717) is 35.3 Å². The van der Waals surface area contributed by atoms with Crippen LogP contribution in [0.25, 0.3) is 5.76 Å². The third-order valence-corrected chi connectivity index (χ3v) is 5.26. The maximum atomic E-state index is 8.49. The molecule has 0 saturated heterocycles. The first kappa shape index (κ1) is 28.4. The monoisotopic (exact) mass is 486 g/mol. The summed E-state index contributed by atoms with van der Waals surface area (Å²) in [6, 6.07) is 23.2. The van der Waals surface area contributed by atoms with Crippen LogP contribution < -0.4 is 9.47 Å². The van der Waals surface area contributed by atoms with Gasteiger partial charge in [0.05, 0.1) is 5.71 Å². The zero-order valence-electron chi connectivity index (χ0n) is 22.3. The maximum Gasteiger partial charge on any atom is 0.158 e. The van der Waals surface area contributed by atoms with E-state index in [9.17, 15) is 0 Å². The van der Waals surface area contributed by atoms with Crippen molar-refractivity contribution in [3.05, 3.63) is 102 Å². The van der Waals surface area contributed by atoms with Crippen molar-refractivity contribution >= 4 is 17.2 Å². The minimum atomic E-state index is 0.148. The van der Waals surface area contributed by atoms with Gasteiger partial charge in [0.25, 0.3) is 0 Å². The van der Waals surface area contributed by atoms with Crippen LogP contribution in [0.3, 0.4) is 0 Å². The first-order valence-electron chi connectivity index (χ1n) is 12.3. The van der Waals surface area contributed by atoms with Gasteiger partial charge in [0.1, 0.15) is 24.7 Å². The van der Waals surface area contributed by atoms with Gasteiger partial charge in [-0.05, 0) is 43.0 Å². The molecule has 0 aromatic heterocycles. The summed E-state index contributed by atoms with van der Waals surface area (Å²) < 4.78 is 11.9. The predicted molar refractivity (Wildman–Crippen MR) is 150 cm³/mol. The van der Waals surface area contributed by atoms with Gasteiger partial charge in [-0.3, -0.25) is 0 Å². The molecule has 0 aliphatic carbocycles. The molecule has 0 aliphatic heterocycles. The molecule has 3 rings (SSSR count). The van der Waals surface area contributed by atoms with Crippen molar-refractivity contribution in [2.75, 3.05) is 6.61 Å². The molecule has 0 radical (unpaired) electrons. The van der Waals surface area contributed by atoms with E-state index in [1.165, 1.54) is 0 Å². The smallest absolute Gasteiger partial charge is 0.158 e. The number of benzene rings is 3. The molecule has 1 N–H and O–H groups in total. The molecule has 190 valence electrons. The van der Waals surface area contributed by atoms with Gasteiger partial charge in [-0.2, -0.15) is 0 Å². The molecule has 0 amide bonds. The van der Waals surface area contributed by atoms with Gasteiger partial charge in [0.15, 0.2) is 5.76 Å². The molecule has 0 unspecified atom stereocenters. The maximum absolute atomic E-state index is 8.49. The van der Waals surface area contributed by atoms with E-state index >= 15 is 0 Å². The van der Waals surface area contributed by atoms with E-state index in [2.05, 4.69) is 11.7 Å². The van der Waals surface area contributed by atoms with Crippen molar-refractivity contribution in [2.45, 2.75) is 48.1 Å². The minimum absolute atomic E-state index is 0.148. The second-order valence-corrected chi connectivity index (χ2v) is 8.44. The summed E-state index contributed by atoms with van der Waals surface area (Å²) in [5.41, 5.74) is 5.24.